The van der Waals surface area contributed by atoms with Crippen LogP contribution in [0, 0.1) is 11.6 Å². The molecule has 0 spiro atoms. The van der Waals surface area contributed by atoms with Gasteiger partial charge >= 0.3 is 0 Å². The molecule has 8 nitrogen and oxygen atoms in total. The van der Waals surface area contributed by atoms with Crippen molar-refractivity contribution in [3.05, 3.63) is 58.1 Å². The highest BCUT2D eigenvalue weighted by molar-refractivity contribution is 6.31. The Morgan fingerprint density at radius 2 is 1.49 bits per heavy atom. The van der Waals surface area contributed by atoms with Gasteiger partial charge in [-0.15, -0.1) is 0 Å². The van der Waals surface area contributed by atoms with Crippen LogP contribution in [-0.2, 0) is 19.1 Å². The van der Waals surface area contributed by atoms with Gasteiger partial charge in [0.15, 0.2) is 19.0 Å². The average molecular weight is 557 g/mol. The first-order chi connectivity index (χ1) is 17.6. The summed E-state index contributed by atoms with van der Waals surface area (Å²) in [6.45, 7) is -0.837. The van der Waals surface area contributed by atoms with Crippen molar-refractivity contribution in [2.24, 2.45) is 0 Å². The van der Waals surface area contributed by atoms with E-state index in [0.717, 1.165) is 12.1 Å². The quantitative estimate of drug-likeness (QED) is 0.489. The number of benzene rings is 2. The maximum absolute atomic E-state index is 13.6. The van der Waals surface area contributed by atoms with E-state index >= 15 is 0 Å². The molecule has 12 heteroatoms. The standard InChI is InChI=1S/C25H24Cl2F2N2O6/c1-35-21-11-24(30-22(33)12-36-14-2-4-16(26)18(28)8-14)6-7-25(21,10-20(24)32)31-23(34)13-37-15-3-5-17(27)19(29)9-15/h2-5,8-9,21H,6-7,10-13H2,1H3,(H,30,33)(H,31,34)/t21-,24+,25+/m0/s1. The Hall–Kier alpha value is -2.95. The molecule has 0 unspecified atom stereocenters. The Bertz CT molecular complexity index is 1230. The zero-order valence-electron chi connectivity index (χ0n) is 19.7. The van der Waals surface area contributed by atoms with E-state index in [1.165, 1.54) is 31.4 Å². The maximum Gasteiger partial charge on any atom is 0.258 e. The van der Waals surface area contributed by atoms with Crippen LogP contribution in [0.4, 0.5) is 8.78 Å². The summed E-state index contributed by atoms with van der Waals surface area (Å²) in [5.41, 5.74) is -2.14. The lowest BCUT2D eigenvalue weighted by Crippen LogP contribution is -2.74. The van der Waals surface area contributed by atoms with Crippen LogP contribution >= 0.6 is 23.2 Å². The van der Waals surface area contributed by atoms with Gasteiger partial charge in [-0.25, -0.2) is 8.78 Å². The first kappa shape index (κ1) is 27.1. The summed E-state index contributed by atoms with van der Waals surface area (Å²) >= 11 is 11.3. The second kappa shape index (κ2) is 10.8. The summed E-state index contributed by atoms with van der Waals surface area (Å²) in [6, 6.07) is 7.62. The van der Waals surface area contributed by atoms with Crippen molar-refractivity contribution in [2.45, 2.75) is 42.9 Å². The molecule has 0 heterocycles. The highest BCUT2D eigenvalue weighted by atomic mass is 35.5. The van der Waals surface area contributed by atoms with E-state index in [0.29, 0.717) is 6.42 Å². The number of ether oxygens (including phenoxy) is 3. The number of fused-ring (bicyclic) bond motifs is 3. The van der Waals surface area contributed by atoms with E-state index in [-0.39, 0.29) is 46.6 Å². The van der Waals surface area contributed by atoms with Crippen LogP contribution in [0.25, 0.3) is 0 Å². The van der Waals surface area contributed by atoms with Gasteiger partial charge in [0.2, 0.25) is 0 Å². The molecule has 3 fully saturated rings. The summed E-state index contributed by atoms with van der Waals surface area (Å²) in [7, 11) is 1.46. The number of hydrogen-bond acceptors (Lipinski definition) is 6. The van der Waals surface area contributed by atoms with E-state index in [9.17, 15) is 23.2 Å². The van der Waals surface area contributed by atoms with Crippen molar-refractivity contribution < 1.29 is 37.4 Å². The Morgan fingerprint density at radius 3 is 1.97 bits per heavy atom. The molecule has 3 saturated carbocycles. The third-order valence-electron chi connectivity index (χ3n) is 6.73. The molecule has 2 bridgehead atoms. The number of halogens is 4. The van der Waals surface area contributed by atoms with Gasteiger partial charge < -0.3 is 24.8 Å². The molecule has 37 heavy (non-hydrogen) atoms. The smallest absolute Gasteiger partial charge is 0.258 e. The molecule has 3 aliphatic carbocycles. The number of amides is 2. The Balaban J connectivity index is 1.36. The van der Waals surface area contributed by atoms with Crippen molar-refractivity contribution in [1.82, 2.24) is 10.6 Å². The highest BCUT2D eigenvalue weighted by Gasteiger charge is 2.60. The molecular formula is C25H24Cl2F2N2O6. The van der Waals surface area contributed by atoms with E-state index in [1.54, 1.807) is 0 Å². The number of Topliss-reactive ketones (excluding diaryl/α,β-unsaturated/α-hetero) is 1. The van der Waals surface area contributed by atoms with Crippen LogP contribution in [-0.4, -0.2) is 55.1 Å². The van der Waals surface area contributed by atoms with Gasteiger partial charge in [0, 0.05) is 32.1 Å². The topological polar surface area (TPSA) is 103 Å². The second-order valence-corrected chi connectivity index (χ2v) is 9.91. The number of carbonyl (C=O) groups excluding carboxylic acids is 3. The zero-order chi connectivity index (χ0) is 26.8. The van der Waals surface area contributed by atoms with E-state index < -0.39 is 53.8 Å². The normalized spacial score (nSPS) is 24.5. The summed E-state index contributed by atoms with van der Waals surface area (Å²) < 4.78 is 43.5. The van der Waals surface area contributed by atoms with Gasteiger partial charge in [0.1, 0.15) is 28.7 Å². The molecule has 2 aromatic rings. The van der Waals surface area contributed by atoms with E-state index in [4.69, 9.17) is 37.4 Å². The van der Waals surface area contributed by atoms with E-state index in [2.05, 4.69) is 10.6 Å². The molecule has 0 saturated heterocycles. The van der Waals surface area contributed by atoms with Crippen molar-refractivity contribution in [2.75, 3.05) is 20.3 Å². The summed E-state index contributed by atoms with van der Waals surface area (Å²) in [4.78, 5) is 38.4. The highest BCUT2D eigenvalue weighted by Crippen LogP contribution is 2.46. The third-order valence-corrected chi connectivity index (χ3v) is 7.34. The van der Waals surface area contributed by atoms with Gasteiger partial charge in [0.25, 0.3) is 11.8 Å². The molecule has 198 valence electrons. The predicted molar refractivity (Wildman–Crippen MR) is 130 cm³/mol. The van der Waals surface area contributed by atoms with Crippen LogP contribution in [0.5, 0.6) is 11.5 Å². The molecule has 0 aromatic heterocycles. The number of carbonyl (C=O) groups is 3. The van der Waals surface area contributed by atoms with Gasteiger partial charge in [0.05, 0.1) is 21.7 Å². The molecule has 2 aromatic carbocycles. The lowest BCUT2D eigenvalue weighted by Gasteiger charge is -2.55. The minimum atomic E-state index is -1.17. The Kier molecular flexibility index (Phi) is 7.91. The Labute approximate surface area is 221 Å². The van der Waals surface area contributed by atoms with Crippen LogP contribution in [0.3, 0.4) is 0 Å². The molecule has 0 aliphatic heterocycles. The van der Waals surface area contributed by atoms with Crippen LogP contribution in [0.15, 0.2) is 36.4 Å². The van der Waals surface area contributed by atoms with Crippen molar-refractivity contribution in [3.8, 4) is 11.5 Å². The number of methoxy groups -OCH3 is 1. The van der Waals surface area contributed by atoms with Crippen molar-refractivity contribution >= 4 is 40.8 Å². The summed E-state index contributed by atoms with van der Waals surface area (Å²) in [6.07, 6.45) is 0.157. The fourth-order valence-corrected chi connectivity index (χ4v) is 5.08. The monoisotopic (exact) mass is 556 g/mol. The van der Waals surface area contributed by atoms with Crippen LogP contribution in [0.2, 0.25) is 10.0 Å². The fraction of sp³-hybridized carbons (Fsp3) is 0.400. The average Bonchev–Trinajstić information content (AvgIpc) is 2.86. The summed E-state index contributed by atoms with van der Waals surface area (Å²) in [5.74, 6) is -2.42. The molecule has 3 aliphatic rings. The summed E-state index contributed by atoms with van der Waals surface area (Å²) in [5, 5.41) is 5.48. The molecular weight excluding hydrogens is 533 g/mol. The lowest BCUT2D eigenvalue weighted by molar-refractivity contribution is -0.154. The predicted octanol–water partition coefficient (Wildman–Crippen LogP) is 3.61. The zero-order valence-corrected chi connectivity index (χ0v) is 21.3. The van der Waals surface area contributed by atoms with Gasteiger partial charge in [-0.05, 0) is 37.1 Å². The van der Waals surface area contributed by atoms with Crippen LogP contribution < -0.4 is 20.1 Å². The van der Waals surface area contributed by atoms with E-state index in [1.807, 2.05) is 0 Å². The minimum absolute atomic E-state index is 0.0592. The van der Waals surface area contributed by atoms with Crippen molar-refractivity contribution in [3.63, 3.8) is 0 Å². The number of nitrogens with one attached hydrogen (secondary N) is 2. The van der Waals surface area contributed by atoms with Gasteiger partial charge in [-0.2, -0.15) is 0 Å². The van der Waals surface area contributed by atoms with Gasteiger partial charge in [-0.3, -0.25) is 14.4 Å². The number of hydrogen-bond donors (Lipinski definition) is 2. The first-order valence-electron chi connectivity index (χ1n) is 11.4. The number of ketones is 1. The van der Waals surface area contributed by atoms with Gasteiger partial charge in [-0.1, -0.05) is 23.2 Å². The van der Waals surface area contributed by atoms with Crippen LogP contribution in [0.1, 0.15) is 25.7 Å². The third kappa shape index (κ3) is 5.81. The lowest BCUT2D eigenvalue weighted by atomic mass is 9.59. The van der Waals surface area contributed by atoms with Crippen molar-refractivity contribution in [1.29, 1.82) is 0 Å². The Morgan fingerprint density at radius 1 is 0.946 bits per heavy atom. The molecule has 2 N–H and O–H groups in total. The first-order valence-corrected chi connectivity index (χ1v) is 12.2. The molecule has 5 rings (SSSR count). The molecule has 0 radical (unpaired) electrons. The second-order valence-electron chi connectivity index (χ2n) is 9.09. The minimum Gasteiger partial charge on any atom is -0.484 e. The molecule has 3 atom stereocenters. The SMILES string of the molecule is CO[C@H]1C[C@]2(NC(=O)COc3ccc(Cl)c(F)c3)CC[C@@]1(NC(=O)COc1ccc(Cl)c(F)c1)CC2=O. The molecule has 2 amide bonds. The number of rotatable bonds is 9. The fourth-order valence-electron chi connectivity index (χ4n) is 4.85. The largest absolute Gasteiger partial charge is 0.484 e. The maximum atomic E-state index is 13.6.